The Hall–Kier alpha value is -1.72. The molecule has 1 aromatic heterocycles. The van der Waals surface area contributed by atoms with Gasteiger partial charge in [0.2, 0.25) is 0 Å². The number of carbonyl (C=O) groups is 1. The molecule has 5 rings (SSSR count). The zero-order valence-electron chi connectivity index (χ0n) is 21.4. The number of aryl methyl sites for hydroxylation is 1. The third-order valence-corrected chi connectivity index (χ3v) is 10.2. The molecule has 4 atom stereocenters. The molecular formula is C29H41N3OS. The van der Waals surface area contributed by atoms with E-state index < -0.39 is 0 Å². The molecule has 1 saturated carbocycles. The summed E-state index contributed by atoms with van der Waals surface area (Å²) in [5.74, 6) is 1.61. The summed E-state index contributed by atoms with van der Waals surface area (Å²) in [5, 5.41) is 9.83. The average molecular weight is 480 g/mol. The van der Waals surface area contributed by atoms with Crippen LogP contribution in [0.1, 0.15) is 110 Å². The van der Waals surface area contributed by atoms with Crippen molar-refractivity contribution in [2.24, 2.45) is 11.3 Å². The van der Waals surface area contributed by atoms with Gasteiger partial charge in [0, 0.05) is 24.4 Å². The van der Waals surface area contributed by atoms with Crippen LogP contribution in [0.15, 0.2) is 23.6 Å². The van der Waals surface area contributed by atoms with Crippen LogP contribution in [-0.2, 0) is 11.8 Å². The second kappa shape index (κ2) is 9.39. The number of benzene rings is 1. The molecule has 1 saturated heterocycles. The van der Waals surface area contributed by atoms with Crippen molar-refractivity contribution in [3.63, 3.8) is 0 Å². The van der Waals surface area contributed by atoms with Crippen LogP contribution >= 0.6 is 11.3 Å². The summed E-state index contributed by atoms with van der Waals surface area (Å²) in [6, 6.07) is 7.25. The predicted molar refractivity (Wildman–Crippen MR) is 141 cm³/mol. The summed E-state index contributed by atoms with van der Waals surface area (Å²) in [6.07, 6.45) is 8.38. The van der Waals surface area contributed by atoms with Crippen LogP contribution in [0.2, 0.25) is 0 Å². The van der Waals surface area contributed by atoms with E-state index in [2.05, 4.69) is 56.5 Å². The van der Waals surface area contributed by atoms with Crippen LogP contribution in [0, 0.1) is 11.3 Å². The fourth-order valence-corrected chi connectivity index (χ4v) is 8.17. The second-order valence-corrected chi connectivity index (χ2v) is 12.8. The maximum absolute atomic E-state index is 13.1. The second-order valence-electron chi connectivity index (χ2n) is 11.9. The Morgan fingerprint density at radius 3 is 2.85 bits per heavy atom. The zero-order valence-corrected chi connectivity index (χ0v) is 22.2. The van der Waals surface area contributed by atoms with E-state index >= 15 is 0 Å². The smallest absolute Gasteiger partial charge is 0.270 e. The maximum Gasteiger partial charge on any atom is 0.270 e. The van der Waals surface area contributed by atoms with Crippen molar-refractivity contribution in [1.29, 1.82) is 0 Å². The molecule has 2 N–H and O–H groups in total. The molecule has 2 fully saturated rings. The molecule has 1 amide bonds. The topological polar surface area (TPSA) is 54.0 Å². The van der Waals surface area contributed by atoms with Crippen molar-refractivity contribution in [2.45, 2.75) is 89.9 Å². The Kier molecular flexibility index (Phi) is 6.62. The molecule has 2 heterocycles. The third-order valence-electron chi connectivity index (χ3n) is 9.22. The van der Waals surface area contributed by atoms with Crippen LogP contribution in [0.25, 0.3) is 0 Å². The number of hydrogen-bond acceptors (Lipinski definition) is 4. The van der Waals surface area contributed by atoms with Crippen LogP contribution < -0.4 is 10.6 Å². The SMILES string of the molecule is CC(C)c1ccc2c(c1)CCC1C(C)(CNC(=O)c3csc(C4CCCNC4)n3)CCCC21C. The van der Waals surface area contributed by atoms with Gasteiger partial charge in [-0.05, 0) is 84.4 Å². The molecule has 5 heteroatoms. The molecule has 34 heavy (non-hydrogen) atoms. The van der Waals surface area contributed by atoms with Crippen molar-refractivity contribution in [1.82, 2.24) is 15.6 Å². The molecule has 2 aromatic rings. The highest BCUT2D eigenvalue weighted by Gasteiger charge is 2.51. The molecule has 3 aliphatic rings. The normalized spacial score (nSPS) is 31.1. The molecule has 184 valence electrons. The van der Waals surface area contributed by atoms with Crippen LogP contribution in [0.4, 0.5) is 0 Å². The molecular weight excluding hydrogens is 438 g/mol. The number of rotatable bonds is 5. The Morgan fingerprint density at radius 1 is 1.24 bits per heavy atom. The van der Waals surface area contributed by atoms with E-state index in [1.54, 1.807) is 22.5 Å². The lowest BCUT2D eigenvalue weighted by molar-refractivity contribution is 0.0254. The van der Waals surface area contributed by atoms with Crippen molar-refractivity contribution in [2.75, 3.05) is 19.6 Å². The largest absolute Gasteiger partial charge is 0.350 e. The number of carbonyl (C=O) groups excluding carboxylic acids is 1. The summed E-state index contributed by atoms with van der Waals surface area (Å²) in [4.78, 5) is 17.8. The fraction of sp³-hybridized carbons (Fsp3) is 0.655. The van der Waals surface area contributed by atoms with Gasteiger partial charge in [-0.2, -0.15) is 0 Å². The van der Waals surface area contributed by atoms with Gasteiger partial charge in [-0.25, -0.2) is 4.98 Å². The summed E-state index contributed by atoms with van der Waals surface area (Å²) in [7, 11) is 0. The lowest BCUT2D eigenvalue weighted by Crippen LogP contribution is -2.53. The number of hydrogen-bond donors (Lipinski definition) is 2. The van der Waals surface area contributed by atoms with Gasteiger partial charge in [0.05, 0.1) is 5.01 Å². The van der Waals surface area contributed by atoms with Gasteiger partial charge in [-0.15, -0.1) is 11.3 Å². The Morgan fingerprint density at radius 2 is 2.09 bits per heavy atom. The molecule has 4 nitrogen and oxygen atoms in total. The Balaban J connectivity index is 1.30. The molecule has 0 bridgehead atoms. The Labute approximate surface area is 209 Å². The van der Waals surface area contributed by atoms with Gasteiger partial charge < -0.3 is 10.6 Å². The summed E-state index contributed by atoms with van der Waals surface area (Å²) in [5.41, 5.74) is 5.49. The van der Waals surface area contributed by atoms with Crippen LogP contribution in [0.5, 0.6) is 0 Å². The number of nitrogens with one attached hydrogen (secondary N) is 2. The number of aromatic nitrogens is 1. The minimum absolute atomic E-state index is 0.00226. The first-order valence-corrected chi connectivity index (χ1v) is 14.3. The van der Waals surface area contributed by atoms with E-state index in [-0.39, 0.29) is 16.7 Å². The quantitative estimate of drug-likeness (QED) is 0.539. The molecule has 0 spiro atoms. The van der Waals surface area contributed by atoms with Crippen molar-refractivity contribution in [3.05, 3.63) is 51.0 Å². The highest BCUT2D eigenvalue weighted by atomic mass is 32.1. The summed E-state index contributed by atoms with van der Waals surface area (Å²) < 4.78 is 0. The highest BCUT2D eigenvalue weighted by Crippen LogP contribution is 2.57. The zero-order chi connectivity index (χ0) is 23.9. The molecule has 1 aromatic carbocycles. The number of piperidine rings is 1. The van der Waals surface area contributed by atoms with Crippen LogP contribution in [-0.4, -0.2) is 30.5 Å². The molecule has 0 radical (unpaired) electrons. The fourth-order valence-electron chi connectivity index (χ4n) is 7.23. The first-order valence-electron chi connectivity index (χ1n) is 13.4. The van der Waals surface area contributed by atoms with Crippen LogP contribution in [0.3, 0.4) is 0 Å². The first kappa shape index (κ1) is 24.0. The number of nitrogens with zero attached hydrogens (tertiary/aromatic N) is 1. The van der Waals surface area contributed by atoms with Crippen molar-refractivity contribution >= 4 is 17.2 Å². The summed E-state index contributed by atoms with van der Waals surface area (Å²) in [6.45, 7) is 12.3. The highest BCUT2D eigenvalue weighted by molar-refractivity contribution is 7.09. The number of amides is 1. The van der Waals surface area contributed by atoms with E-state index in [1.165, 1.54) is 44.1 Å². The van der Waals surface area contributed by atoms with E-state index in [9.17, 15) is 4.79 Å². The first-order chi connectivity index (χ1) is 16.3. The molecule has 2 aliphatic carbocycles. The lowest BCUT2D eigenvalue weighted by Gasteiger charge is -2.55. The minimum Gasteiger partial charge on any atom is -0.350 e. The van der Waals surface area contributed by atoms with Gasteiger partial charge in [-0.3, -0.25) is 4.79 Å². The van der Waals surface area contributed by atoms with E-state index in [4.69, 9.17) is 4.98 Å². The Bertz CT molecular complexity index is 1040. The minimum atomic E-state index is -0.00226. The number of thiazole rings is 1. The van der Waals surface area contributed by atoms with E-state index in [1.807, 2.05) is 5.38 Å². The lowest BCUT2D eigenvalue weighted by atomic mass is 9.49. The van der Waals surface area contributed by atoms with E-state index in [0.717, 1.165) is 31.1 Å². The molecule has 4 unspecified atom stereocenters. The number of fused-ring (bicyclic) bond motifs is 3. The molecule has 1 aliphatic heterocycles. The summed E-state index contributed by atoms with van der Waals surface area (Å²) >= 11 is 1.65. The maximum atomic E-state index is 13.1. The average Bonchev–Trinajstić information content (AvgIpc) is 3.33. The monoisotopic (exact) mass is 479 g/mol. The standard InChI is InChI=1S/C29H41N3OS/c1-19(2)20-8-10-23-21(15-20)9-11-25-28(3,12-6-13-29(23,25)4)18-31-26(33)24-17-34-27(32-24)22-7-5-14-30-16-22/h8,10,15,17,19,22,25,30H,5-7,9,11-14,16,18H2,1-4H3,(H,31,33). The van der Waals surface area contributed by atoms with Crippen molar-refractivity contribution < 1.29 is 4.79 Å². The van der Waals surface area contributed by atoms with Gasteiger partial charge in [0.25, 0.3) is 5.91 Å². The van der Waals surface area contributed by atoms with Gasteiger partial charge in [-0.1, -0.05) is 52.3 Å². The van der Waals surface area contributed by atoms with E-state index in [0.29, 0.717) is 23.4 Å². The third kappa shape index (κ3) is 4.35. The van der Waals surface area contributed by atoms with Gasteiger partial charge in [0.15, 0.2) is 0 Å². The van der Waals surface area contributed by atoms with Gasteiger partial charge in [0.1, 0.15) is 5.69 Å². The van der Waals surface area contributed by atoms with Crippen molar-refractivity contribution in [3.8, 4) is 0 Å². The van der Waals surface area contributed by atoms with Gasteiger partial charge >= 0.3 is 0 Å². The predicted octanol–water partition coefficient (Wildman–Crippen LogP) is 6.17.